The topological polar surface area (TPSA) is 99.2 Å². The molecule has 1 atom stereocenters. The van der Waals surface area contributed by atoms with E-state index < -0.39 is 0 Å². The van der Waals surface area contributed by atoms with Gasteiger partial charge in [0.05, 0.1) is 31.1 Å². The zero-order valence-corrected chi connectivity index (χ0v) is 15.5. The number of ether oxygens (including phenoxy) is 1. The van der Waals surface area contributed by atoms with Crippen LogP contribution in [0.5, 0.6) is 0 Å². The van der Waals surface area contributed by atoms with Crippen molar-refractivity contribution < 1.29 is 14.1 Å². The summed E-state index contributed by atoms with van der Waals surface area (Å²) in [6.45, 7) is 0.334. The second-order valence-electron chi connectivity index (χ2n) is 7.83. The first-order valence-corrected chi connectivity index (χ1v) is 9.83. The lowest BCUT2D eigenvalue weighted by molar-refractivity contribution is 0.116. The number of hydrogen-bond donors (Lipinski definition) is 0. The van der Waals surface area contributed by atoms with Gasteiger partial charge in [-0.1, -0.05) is 10.4 Å². The predicted molar refractivity (Wildman–Crippen MR) is 92.9 cm³/mol. The molecule has 2 saturated carbocycles. The summed E-state index contributed by atoms with van der Waals surface area (Å²) in [6, 6.07) is 0.741. The van der Waals surface area contributed by atoms with Crippen LogP contribution in [0.3, 0.4) is 0 Å². The Labute approximate surface area is 157 Å². The maximum Gasteiger partial charge on any atom is 0.410 e. The standard InChI is InChI=1S/C18H24N6O3/c1-26-18(25)23(12-6-7-12)10-16-19-17(27-21-16)11-5-8-14-15(9-11)24(22-20-14)13-3-2-4-13/h11-13H,2-10H2,1H3. The number of aromatic nitrogens is 5. The van der Waals surface area contributed by atoms with Gasteiger partial charge in [0.15, 0.2) is 5.82 Å². The molecule has 0 aliphatic heterocycles. The van der Waals surface area contributed by atoms with E-state index in [9.17, 15) is 4.79 Å². The molecule has 2 fully saturated rings. The van der Waals surface area contributed by atoms with Gasteiger partial charge >= 0.3 is 6.09 Å². The third-order valence-corrected chi connectivity index (χ3v) is 6.00. The first-order chi connectivity index (χ1) is 13.2. The van der Waals surface area contributed by atoms with Crippen molar-refractivity contribution in [3.8, 4) is 0 Å². The number of carbonyl (C=O) groups excluding carboxylic acids is 1. The number of fused-ring (bicyclic) bond motifs is 1. The van der Waals surface area contributed by atoms with E-state index >= 15 is 0 Å². The first-order valence-electron chi connectivity index (χ1n) is 9.83. The van der Waals surface area contributed by atoms with Crippen LogP contribution in [0.2, 0.25) is 0 Å². The van der Waals surface area contributed by atoms with Crippen LogP contribution in [0, 0.1) is 0 Å². The molecule has 0 spiro atoms. The van der Waals surface area contributed by atoms with Crippen LogP contribution >= 0.6 is 0 Å². The molecule has 3 aliphatic carbocycles. The molecule has 5 rings (SSSR count). The molecule has 0 bridgehead atoms. The molecule has 1 unspecified atom stereocenters. The Morgan fingerprint density at radius 3 is 2.85 bits per heavy atom. The summed E-state index contributed by atoms with van der Waals surface area (Å²) < 4.78 is 12.6. The van der Waals surface area contributed by atoms with Crippen molar-refractivity contribution in [1.29, 1.82) is 0 Å². The van der Waals surface area contributed by atoms with Gasteiger partial charge in [0.1, 0.15) is 0 Å². The highest BCUT2D eigenvalue weighted by Gasteiger charge is 2.35. The van der Waals surface area contributed by atoms with Gasteiger partial charge in [0.25, 0.3) is 0 Å². The molecular formula is C18H24N6O3. The minimum absolute atomic E-state index is 0.184. The summed E-state index contributed by atoms with van der Waals surface area (Å²) in [6.07, 6.45) is 7.99. The number of amides is 1. The lowest BCUT2D eigenvalue weighted by atomic mass is 9.87. The molecule has 9 nitrogen and oxygen atoms in total. The van der Waals surface area contributed by atoms with Crippen molar-refractivity contribution in [2.24, 2.45) is 0 Å². The highest BCUT2D eigenvalue weighted by Crippen LogP contribution is 2.37. The number of aryl methyl sites for hydroxylation is 1. The number of carbonyl (C=O) groups is 1. The fourth-order valence-corrected chi connectivity index (χ4v) is 4.03. The van der Waals surface area contributed by atoms with Gasteiger partial charge in [0, 0.05) is 18.4 Å². The Balaban J connectivity index is 1.30. The zero-order chi connectivity index (χ0) is 18.4. The minimum Gasteiger partial charge on any atom is -0.453 e. The Hall–Kier alpha value is -2.45. The molecule has 0 aromatic carbocycles. The Kier molecular flexibility index (Phi) is 4.09. The fraction of sp³-hybridized carbons (Fsp3) is 0.722. The van der Waals surface area contributed by atoms with Crippen LogP contribution in [0.4, 0.5) is 4.79 Å². The summed E-state index contributed by atoms with van der Waals surface area (Å²) in [5, 5.41) is 12.9. The maximum atomic E-state index is 12.0. The molecule has 0 radical (unpaired) electrons. The summed E-state index contributed by atoms with van der Waals surface area (Å²) >= 11 is 0. The molecule has 9 heteroatoms. The van der Waals surface area contributed by atoms with E-state index in [1.165, 1.54) is 32.1 Å². The van der Waals surface area contributed by atoms with Crippen molar-refractivity contribution in [3.05, 3.63) is 23.1 Å². The van der Waals surface area contributed by atoms with E-state index in [1.54, 1.807) is 4.90 Å². The van der Waals surface area contributed by atoms with Gasteiger partial charge in [-0.3, -0.25) is 4.90 Å². The summed E-state index contributed by atoms with van der Waals surface area (Å²) in [5.74, 6) is 1.37. The van der Waals surface area contributed by atoms with Crippen LogP contribution in [-0.4, -0.2) is 49.3 Å². The second kappa shape index (κ2) is 6.61. The third-order valence-electron chi connectivity index (χ3n) is 6.00. The normalized spacial score (nSPS) is 22.2. The molecule has 27 heavy (non-hydrogen) atoms. The summed E-state index contributed by atoms with van der Waals surface area (Å²) in [5.41, 5.74) is 2.34. The quantitative estimate of drug-likeness (QED) is 0.794. The number of rotatable bonds is 5. The zero-order valence-electron chi connectivity index (χ0n) is 15.5. The summed E-state index contributed by atoms with van der Waals surface area (Å²) in [4.78, 5) is 18.2. The number of methoxy groups -OCH3 is 1. The molecule has 2 heterocycles. The van der Waals surface area contributed by atoms with Crippen LogP contribution in [-0.2, 0) is 24.1 Å². The van der Waals surface area contributed by atoms with Crippen molar-refractivity contribution in [1.82, 2.24) is 30.0 Å². The molecule has 2 aromatic heterocycles. The lowest BCUT2D eigenvalue weighted by Gasteiger charge is -2.28. The number of hydrogen-bond acceptors (Lipinski definition) is 7. The average molecular weight is 372 g/mol. The van der Waals surface area contributed by atoms with Gasteiger partial charge < -0.3 is 9.26 Å². The molecule has 0 saturated heterocycles. The van der Waals surface area contributed by atoms with Crippen LogP contribution in [0.15, 0.2) is 4.52 Å². The maximum absolute atomic E-state index is 12.0. The van der Waals surface area contributed by atoms with Crippen molar-refractivity contribution in [3.63, 3.8) is 0 Å². The van der Waals surface area contributed by atoms with Crippen molar-refractivity contribution in [2.75, 3.05) is 7.11 Å². The highest BCUT2D eigenvalue weighted by molar-refractivity contribution is 5.68. The monoisotopic (exact) mass is 372 g/mol. The number of nitrogens with zero attached hydrogens (tertiary/aromatic N) is 6. The molecule has 3 aliphatic rings. The van der Waals surface area contributed by atoms with E-state index in [2.05, 4.69) is 25.1 Å². The Morgan fingerprint density at radius 2 is 2.15 bits per heavy atom. The first kappa shape index (κ1) is 16.7. The van der Waals surface area contributed by atoms with Gasteiger partial charge in [-0.05, 0) is 44.9 Å². The van der Waals surface area contributed by atoms with Crippen molar-refractivity contribution >= 4 is 6.09 Å². The second-order valence-corrected chi connectivity index (χ2v) is 7.83. The van der Waals surface area contributed by atoms with Gasteiger partial charge in [-0.15, -0.1) is 5.10 Å². The molecule has 144 valence electrons. The van der Waals surface area contributed by atoms with Gasteiger partial charge in [-0.25, -0.2) is 9.48 Å². The predicted octanol–water partition coefficient (Wildman–Crippen LogP) is 2.39. The molecule has 0 N–H and O–H groups in total. The molecular weight excluding hydrogens is 348 g/mol. The average Bonchev–Trinajstić information content (AvgIpc) is 3.24. The van der Waals surface area contributed by atoms with Gasteiger partial charge in [0.2, 0.25) is 5.89 Å². The molecule has 1 amide bonds. The molecule has 2 aromatic rings. The largest absolute Gasteiger partial charge is 0.453 e. The Morgan fingerprint density at radius 1 is 1.30 bits per heavy atom. The van der Waals surface area contributed by atoms with E-state index in [0.29, 0.717) is 24.3 Å². The van der Waals surface area contributed by atoms with E-state index in [4.69, 9.17) is 9.26 Å². The minimum atomic E-state index is -0.332. The smallest absolute Gasteiger partial charge is 0.410 e. The van der Waals surface area contributed by atoms with E-state index in [-0.39, 0.29) is 18.1 Å². The SMILES string of the molecule is COC(=O)N(Cc1noc(C2CCc3nnn(C4CCC4)c3C2)n1)C1CC1. The Bertz CT molecular complexity index is 838. The van der Waals surface area contributed by atoms with Crippen LogP contribution in [0.1, 0.15) is 73.6 Å². The van der Waals surface area contributed by atoms with Crippen molar-refractivity contribution in [2.45, 2.75) is 75.9 Å². The highest BCUT2D eigenvalue weighted by atomic mass is 16.5. The fourth-order valence-electron chi connectivity index (χ4n) is 4.03. The van der Waals surface area contributed by atoms with Crippen LogP contribution < -0.4 is 0 Å². The van der Waals surface area contributed by atoms with Crippen LogP contribution in [0.25, 0.3) is 0 Å². The summed E-state index contributed by atoms with van der Waals surface area (Å²) in [7, 11) is 1.40. The third kappa shape index (κ3) is 3.08. The van der Waals surface area contributed by atoms with E-state index in [0.717, 1.165) is 37.8 Å². The van der Waals surface area contributed by atoms with Gasteiger partial charge in [-0.2, -0.15) is 4.98 Å². The van der Waals surface area contributed by atoms with E-state index in [1.807, 2.05) is 0 Å². The lowest BCUT2D eigenvalue weighted by Crippen LogP contribution is -2.32.